The summed E-state index contributed by atoms with van der Waals surface area (Å²) in [4.78, 5) is 6.18. The molecule has 21 heavy (non-hydrogen) atoms. The Kier molecular flexibility index (Phi) is 5.52. The summed E-state index contributed by atoms with van der Waals surface area (Å²) in [5.41, 5.74) is 0.658. The first-order valence-electron chi connectivity index (χ1n) is 6.36. The molecular formula is C14H16Cl3N3O. The number of imidazole rings is 1. The van der Waals surface area contributed by atoms with Crippen LogP contribution in [0.25, 0.3) is 0 Å². The third-order valence-electron chi connectivity index (χ3n) is 3.25. The lowest BCUT2D eigenvalue weighted by Gasteiger charge is -2.21. The number of aliphatic hydroxyl groups excluding tert-OH is 1. The van der Waals surface area contributed by atoms with E-state index < -0.39 is 6.10 Å². The van der Waals surface area contributed by atoms with Crippen molar-refractivity contribution in [3.05, 3.63) is 51.0 Å². The molecule has 1 aromatic carbocycles. The molecule has 0 saturated carbocycles. The van der Waals surface area contributed by atoms with Gasteiger partial charge in [-0.25, -0.2) is 4.98 Å². The van der Waals surface area contributed by atoms with E-state index in [1.54, 1.807) is 29.0 Å². The molecule has 0 aliphatic carbocycles. The quantitative estimate of drug-likeness (QED) is 0.898. The maximum Gasteiger partial charge on any atom is 0.128 e. The van der Waals surface area contributed by atoms with Crippen LogP contribution >= 0.6 is 34.8 Å². The van der Waals surface area contributed by atoms with E-state index >= 15 is 0 Å². The second-order valence-corrected chi connectivity index (χ2v) is 6.17. The Balaban J connectivity index is 2.01. The Morgan fingerprint density at radius 1 is 1.33 bits per heavy atom. The van der Waals surface area contributed by atoms with E-state index in [1.165, 1.54) is 0 Å². The summed E-state index contributed by atoms with van der Waals surface area (Å²) in [6.45, 7) is 0.997. The smallest absolute Gasteiger partial charge is 0.128 e. The molecule has 0 aliphatic rings. The largest absolute Gasteiger partial charge is 0.387 e. The molecule has 0 aliphatic heterocycles. The molecule has 0 fully saturated rings. The number of aromatic nitrogens is 2. The van der Waals surface area contributed by atoms with Crippen molar-refractivity contribution in [1.82, 2.24) is 14.5 Å². The molecule has 114 valence electrons. The fourth-order valence-electron chi connectivity index (χ4n) is 2.04. The molecule has 0 bridgehead atoms. The summed E-state index contributed by atoms with van der Waals surface area (Å²) in [6, 6.07) is 5.07. The fourth-order valence-corrected chi connectivity index (χ4v) is 2.72. The monoisotopic (exact) mass is 347 g/mol. The van der Waals surface area contributed by atoms with Crippen LogP contribution in [-0.2, 0) is 13.6 Å². The lowest BCUT2D eigenvalue weighted by atomic mass is 10.1. The SMILES string of the molecule is CN(Cc1ncc(Cl)n1C)CC(O)c1ccc(Cl)cc1Cl. The number of hydrogen-bond donors (Lipinski definition) is 1. The Morgan fingerprint density at radius 2 is 2.05 bits per heavy atom. The van der Waals surface area contributed by atoms with E-state index in [4.69, 9.17) is 34.8 Å². The van der Waals surface area contributed by atoms with Gasteiger partial charge in [-0.05, 0) is 19.2 Å². The zero-order valence-corrected chi connectivity index (χ0v) is 14.0. The molecule has 1 heterocycles. The average molecular weight is 349 g/mol. The molecule has 1 aromatic heterocycles. The number of benzene rings is 1. The third-order valence-corrected chi connectivity index (χ3v) is 4.16. The Bertz CT molecular complexity index is 630. The maximum absolute atomic E-state index is 10.3. The highest BCUT2D eigenvalue weighted by molar-refractivity contribution is 6.35. The predicted molar refractivity (Wildman–Crippen MR) is 86.0 cm³/mol. The summed E-state index contributed by atoms with van der Waals surface area (Å²) in [5.74, 6) is 0.830. The van der Waals surface area contributed by atoms with Gasteiger partial charge in [0.15, 0.2) is 0 Å². The molecule has 1 unspecified atom stereocenters. The van der Waals surface area contributed by atoms with Gasteiger partial charge >= 0.3 is 0 Å². The van der Waals surface area contributed by atoms with Crippen LogP contribution < -0.4 is 0 Å². The maximum atomic E-state index is 10.3. The number of likely N-dealkylation sites (N-methyl/N-ethyl adjacent to an activating group) is 1. The van der Waals surface area contributed by atoms with Crippen molar-refractivity contribution in [2.45, 2.75) is 12.6 Å². The fraction of sp³-hybridized carbons (Fsp3) is 0.357. The first-order chi connectivity index (χ1) is 9.88. The van der Waals surface area contributed by atoms with Gasteiger partial charge in [0.2, 0.25) is 0 Å². The molecule has 0 saturated heterocycles. The Morgan fingerprint density at radius 3 is 2.62 bits per heavy atom. The van der Waals surface area contributed by atoms with Gasteiger partial charge in [0.1, 0.15) is 11.0 Å². The summed E-state index contributed by atoms with van der Waals surface area (Å²) < 4.78 is 1.81. The molecule has 4 nitrogen and oxygen atoms in total. The molecule has 2 aromatic rings. The molecular weight excluding hydrogens is 333 g/mol. The summed E-state index contributed by atoms with van der Waals surface area (Å²) in [5, 5.41) is 11.9. The van der Waals surface area contributed by atoms with Crippen molar-refractivity contribution in [2.24, 2.45) is 7.05 Å². The van der Waals surface area contributed by atoms with Crippen LogP contribution in [0.3, 0.4) is 0 Å². The normalized spacial score (nSPS) is 12.9. The lowest BCUT2D eigenvalue weighted by Crippen LogP contribution is -2.25. The van der Waals surface area contributed by atoms with E-state index in [0.29, 0.717) is 33.9 Å². The van der Waals surface area contributed by atoms with Crippen molar-refractivity contribution < 1.29 is 5.11 Å². The molecule has 0 spiro atoms. The van der Waals surface area contributed by atoms with Gasteiger partial charge in [-0.3, -0.25) is 4.90 Å². The van der Waals surface area contributed by atoms with Gasteiger partial charge in [0, 0.05) is 29.2 Å². The molecule has 2 rings (SSSR count). The van der Waals surface area contributed by atoms with Crippen LogP contribution in [0.2, 0.25) is 15.2 Å². The van der Waals surface area contributed by atoms with Gasteiger partial charge < -0.3 is 9.67 Å². The molecule has 0 amide bonds. The summed E-state index contributed by atoms with van der Waals surface area (Å²) in [6.07, 6.45) is 0.910. The molecule has 7 heteroatoms. The first kappa shape index (κ1) is 16.6. The van der Waals surface area contributed by atoms with Crippen LogP contribution in [0.4, 0.5) is 0 Å². The highest BCUT2D eigenvalue weighted by Gasteiger charge is 2.16. The van der Waals surface area contributed by atoms with Gasteiger partial charge in [-0.15, -0.1) is 0 Å². The number of halogens is 3. The highest BCUT2D eigenvalue weighted by atomic mass is 35.5. The second-order valence-electron chi connectivity index (χ2n) is 4.93. The minimum absolute atomic E-state index is 0.422. The first-order valence-corrected chi connectivity index (χ1v) is 7.49. The Hall–Kier alpha value is -0.780. The van der Waals surface area contributed by atoms with Crippen LogP contribution in [0.15, 0.2) is 24.4 Å². The third kappa shape index (κ3) is 4.11. The van der Waals surface area contributed by atoms with Crippen LogP contribution in [0, 0.1) is 0 Å². The van der Waals surface area contributed by atoms with Crippen LogP contribution in [-0.4, -0.2) is 33.1 Å². The lowest BCUT2D eigenvalue weighted by molar-refractivity contribution is 0.122. The topological polar surface area (TPSA) is 41.3 Å². The molecule has 1 N–H and O–H groups in total. The summed E-state index contributed by atoms with van der Waals surface area (Å²) in [7, 11) is 3.75. The van der Waals surface area contributed by atoms with Gasteiger partial charge in [-0.2, -0.15) is 0 Å². The average Bonchev–Trinajstić information content (AvgIpc) is 2.70. The zero-order chi connectivity index (χ0) is 15.6. The highest BCUT2D eigenvalue weighted by Crippen LogP contribution is 2.26. The zero-order valence-electron chi connectivity index (χ0n) is 11.7. The van der Waals surface area contributed by atoms with Crippen molar-refractivity contribution in [1.29, 1.82) is 0 Å². The predicted octanol–water partition coefficient (Wildman–Crippen LogP) is 3.55. The van der Waals surface area contributed by atoms with E-state index in [1.807, 2.05) is 19.0 Å². The van der Waals surface area contributed by atoms with Crippen LogP contribution in [0.1, 0.15) is 17.5 Å². The van der Waals surface area contributed by atoms with Gasteiger partial charge in [0.25, 0.3) is 0 Å². The van der Waals surface area contributed by atoms with Crippen LogP contribution in [0.5, 0.6) is 0 Å². The molecule has 0 radical (unpaired) electrons. The van der Waals surface area contributed by atoms with Gasteiger partial charge in [0.05, 0.1) is 18.8 Å². The Labute approximate surface area is 138 Å². The summed E-state index contributed by atoms with van der Waals surface area (Å²) >= 11 is 17.9. The van der Waals surface area contributed by atoms with Crippen molar-refractivity contribution >= 4 is 34.8 Å². The number of hydrogen-bond acceptors (Lipinski definition) is 3. The second kappa shape index (κ2) is 6.99. The molecule has 1 atom stereocenters. The van der Waals surface area contributed by atoms with E-state index in [2.05, 4.69) is 4.98 Å². The van der Waals surface area contributed by atoms with Gasteiger partial charge in [-0.1, -0.05) is 40.9 Å². The van der Waals surface area contributed by atoms with Crippen molar-refractivity contribution in [2.75, 3.05) is 13.6 Å². The van der Waals surface area contributed by atoms with E-state index in [9.17, 15) is 5.11 Å². The van der Waals surface area contributed by atoms with Crippen molar-refractivity contribution in [3.63, 3.8) is 0 Å². The number of aliphatic hydroxyl groups is 1. The number of rotatable bonds is 5. The minimum atomic E-state index is -0.699. The van der Waals surface area contributed by atoms with Crippen molar-refractivity contribution in [3.8, 4) is 0 Å². The standard InChI is InChI=1S/C14H16Cl3N3O/c1-19(8-14-18-6-13(17)20(14)2)7-12(21)10-4-3-9(15)5-11(10)16/h3-6,12,21H,7-8H2,1-2H3. The number of nitrogens with zero attached hydrogens (tertiary/aromatic N) is 3. The minimum Gasteiger partial charge on any atom is -0.387 e. The van der Waals surface area contributed by atoms with E-state index in [0.717, 1.165) is 5.82 Å². The van der Waals surface area contributed by atoms with E-state index in [-0.39, 0.29) is 0 Å².